The molecule has 0 bridgehead atoms. The largest absolute Gasteiger partial charge is 0.344 e. The molecule has 3 aliphatic carbocycles. The summed E-state index contributed by atoms with van der Waals surface area (Å²) in [6.45, 7) is 7.60. The Morgan fingerprint density at radius 3 is 2.32 bits per heavy atom. The number of halogens is 4. The molecule has 1 heterocycles. The molecule has 3 nitrogen and oxygen atoms in total. The van der Waals surface area contributed by atoms with E-state index in [0.29, 0.717) is 36.4 Å². The van der Waals surface area contributed by atoms with Crippen molar-refractivity contribution in [2.75, 3.05) is 0 Å². The molecular weight excluding hydrogens is 523 g/mol. The van der Waals surface area contributed by atoms with Crippen LogP contribution >= 0.6 is 24.8 Å². The topological polar surface area (TPSA) is 35.3 Å². The lowest BCUT2D eigenvalue weighted by Crippen LogP contribution is -2.26. The van der Waals surface area contributed by atoms with Crippen molar-refractivity contribution in [1.29, 1.82) is 0 Å². The first-order chi connectivity index (χ1) is 17.4. The standard InChI is InChI=1S/C31H43F2N3.2ClH/c1-35-25-14-15-30-28(20-25)29(21-36(30)26-16-18-31(32,33)19-17-26)27(23-7-3-2-4-8-23)9-5-6-22-10-12-24(34)13-11-22;;/h14-15,20-24,26-27H,2-13,16-19,34H2;2*1H. The van der Waals surface area contributed by atoms with Crippen LogP contribution in [-0.4, -0.2) is 16.5 Å². The minimum absolute atomic E-state index is 0. The molecule has 3 fully saturated rings. The Morgan fingerprint density at radius 1 is 0.974 bits per heavy atom. The Bertz CT molecular complexity index is 1050. The summed E-state index contributed by atoms with van der Waals surface area (Å²) in [4.78, 5) is 3.74. The van der Waals surface area contributed by atoms with Crippen LogP contribution < -0.4 is 5.73 Å². The Labute approximate surface area is 239 Å². The van der Waals surface area contributed by atoms with Crippen molar-refractivity contribution < 1.29 is 8.78 Å². The number of aromatic nitrogens is 1. The molecule has 3 aliphatic rings. The maximum Gasteiger partial charge on any atom is 0.248 e. The van der Waals surface area contributed by atoms with E-state index in [1.165, 1.54) is 88.0 Å². The van der Waals surface area contributed by atoms with Crippen LogP contribution in [0.3, 0.4) is 0 Å². The van der Waals surface area contributed by atoms with E-state index in [-0.39, 0.29) is 43.7 Å². The second-order valence-electron chi connectivity index (χ2n) is 12.1. The maximum absolute atomic E-state index is 13.9. The van der Waals surface area contributed by atoms with Gasteiger partial charge in [0.15, 0.2) is 5.69 Å². The monoisotopic (exact) mass is 567 g/mol. The molecule has 7 heteroatoms. The van der Waals surface area contributed by atoms with Gasteiger partial charge in [0.25, 0.3) is 0 Å². The van der Waals surface area contributed by atoms with E-state index < -0.39 is 5.92 Å². The second kappa shape index (κ2) is 13.8. The zero-order valence-electron chi connectivity index (χ0n) is 22.6. The lowest BCUT2D eigenvalue weighted by Gasteiger charge is -2.32. The van der Waals surface area contributed by atoms with Crippen LogP contribution in [0, 0.1) is 18.4 Å². The van der Waals surface area contributed by atoms with Crippen LogP contribution in [-0.2, 0) is 0 Å². The summed E-state index contributed by atoms with van der Waals surface area (Å²) in [5.41, 5.74) is 9.33. The van der Waals surface area contributed by atoms with E-state index in [9.17, 15) is 8.78 Å². The molecule has 0 saturated heterocycles. The zero-order chi connectivity index (χ0) is 25.1. The molecule has 0 spiro atoms. The van der Waals surface area contributed by atoms with Crippen LogP contribution in [0.25, 0.3) is 15.7 Å². The number of nitrogens with two attached hydrogens (primary N) is 1. The van der Waals surface area contributed by atoms with Crippen LogP contribution in [0.2, 0.25) is 0 Å². The van der Waals surface area contributed by atoms with Gasteiger partial charge >= 0.3 is 0 Å². The van der Waals surface area contributed by atoms with Gasteiger partial charge in [0.1, 0.15) is 0 Å². The SMILES string of the molecule is Cl.Cl.[C-]#[N+]c1ccc2c(c1)c(C(CCCC1CCC(N)CC1)C1CCCCC1)cn2C1CCC(F)(F)CC1. The third-order valence-corrected chi connectivity index (χ3v) is 9.69. The van der Waals surface area contributed by atoms with Gasteiger partial charge in [-0.05, 0) is 98.6 Å². The fourth-order valence-electron chi connectivity index (χ4n) is 7.52. The van der Waals surface area contributed by atoms with Gasteiger partial charge in [-0.3, -0.25) is 0 Å². The molecule has 212 valence electrons. The van der Waals surface area contributed by atoms with Gasteiger partial charge in [-0.15, -0.1) is 24.8 Å². The first-order valence-electron chi connectivity index (χ1n) is 14.6. The lowest BCUT2D eigenvalue weighted by molar-refractivity contribution is -0.0435. The average molecular weight is 569 g/mol. The number of benzene rings is 1. The number of nitrogens with zero attached hydrogens (tertiary/aromatic N) is 2. The molecule has 1 aromatic heterocycles. The summed E-state index contributed by atoms with van der Waals surface area (Å²) < 4.78 is 30.2. The highest BCUT2D eigenvalue weighted by atomic mass is 35.5. The van der Waals surface area contributed by atoms with E-state index in [2.05, 4.69) is 27.7 Å². The van der Waals surface area contributed by atoms with Gasteiger partial charge in [-0.25, -0.2) is 13.6 Å². The summed E-state index contributed by atoms with van der Waals surface area (Å²) in [5, 5.41) is 1.19. The Kier molecular flexibility index (Phi) is 11.3. The minimum Gasteiger partial charge on any atom is -0.344 e. The lowest BCUT2D eigenvalue weighted by atomic mass is 9.74. The van der Waals surface area contributed by atoms with Gasteiger partial charge in [0, 0.05) is 36.6 Å². The quantitative estimate of drug-likeness (QED) is 0.332. The third kappa shape index (κ3) is 7.23. The average Bonchev–Trinajstić information content (AvgIpc) is 3.26. The number of alkyl halides is 2. The Hall–Kier alpha value is -1.35. The molecule has 0 radical (unpaired) electrons. The smallest absolute Gasteiger partial charge is 0.248 e. The van der Waals surface area contributed by atoms with Gasteiger partial charge in [-0.2, -0.15) is 0 Å². The number of hydrogen-bond acceptors (Lipinski definition) is 1. The molecule has 3 saturated carbocycles. The van der Waals surface area contributed by atoms with Gasteiger partial charge in [0.05, 0.1) is 6.57 Å². The predicted molar refractivity (Wildman–Crippen MR) is 158 cm³/mol. The van der Waals surface area contributed by atoms with Crippen molar-refractivity contribution in [2.24, 2.45) is 17.6 Å². The molecule has 1 atom stereocenters. The fraction of sp³-hybridized carbons (Fsp3) is 0.710. The number of fused-ring (bicyclic) bond motifs is 1. The van der Waals surface area contributed by atoms with E-state index >= 15 is 0 Å². The highest BCUT2D eigenvalue weighted by Crippen LogP contribution is 2.46. The summed E-state index contributed by atoms with van der Waals surface area (Å²) in [5.74, 6) is -0.528. The first-order valence-corrected chi connectivity index (χ1v) is 14.6. The second-order valence-corrected chi connectivity index (χ2v) is 12.1. The highest BCUT2D eigenvalue weighted by Gasteiger charge is 2.36. The van der Waals surface area contributed by atoms with Crippen molar-refractivity contribution in [3.8, 4) is 0 Å². The maximum atomic E-state index is 13.9. The predicted octanol–water partition coefficient (Wildman–Crippen LogP) is 10.1. The van der Waals surface area contributed by atoms with Crippen LogP contribution in [0.5, 0.6) is 0 Å². The molecule has 5 rings (SSSR count). The van der Waals surface area contributed by atoms with Gasteiger partial charge in [-0.1, -0.05) is 38.2 Å². The molecular formula is C31H45Cl2F2N3. The first kappa shape index (κ1) is 31.2. The Balaban J connectivity index is 0.00000200. The molecule has 0 amide bonds. The molecule has 38 heavy (non-hydrogen) atoms. The number of hydrogen-bond donors (Lipinski definition) is 1. The van der Waals surface area contributed by atoms with Crippen LogP contribution in [0.15, 0.2) is 24.4 Å². The third-order valence-electron chi connectivity index (χ3n) is 9.69. The summed E-state index contributed by atoms with van der Waals surface area (Å²) in [6.07, 6.45) is 18.5. The molecule has 2 aromatic rings. The van der Waals surface area contributed by atoms with E-state index in [1.807, 2.05) is 6.07 Å². The van der Waals surface area contributed by atoms with Gasteiger partial charge < -0.3 is 10.3 Å². The van der Waals surface area contributed by atoms with E-state index in [0.717, 1.165) is 11.4 Å². The summed E-state index contributed by atoms with van der Waals surface area (Å²) >= 11 is 0. The highest BCUT2D eigenvalue weighted by molar-refractivity contribution is 5.88. The molecule has 0 aliphatic heterocycles. The minimum atomic E-state index is -2.52. The van der Waals surface area contributed by atoms with Crippen molar-refractivity contribution in [3.05, 3.63) is 41.4 Å². The van der Waals surface area contributed by atoms with Crippen LogP contribution in [0.4, 0.5) is 14.5 Å². The molecule has 1 aromatic carbocycles. The van der Waals surface area contributed by atoms with Crippen molar-refractivity contribution in [1.82, 2.24) is 4.57 Å². The molecule has 1 unspecified atom stereocenters. The van der Waals surface area contributed by atoms with Gasteiger partial charge in [0.2, 0.25) is 5.92 Å². The van der Waals surface area contributed by atoms with Crippen LogP contribution in [0.1, 0.15) is 120 Å². The van der Waals surface area contributed by atoms with E-state index in [1.54, 1.807) is 0 Å². The zero-order valence-corrected chi connectivity index (χ0v) is 24.2. The number of rotatable bonds is 7. The van der Waals surface area contributed by atoms with Crippen molar-refractivity contribution >= 4 is 41.4 Å². The normalized spacial score (nSPS) is 25.2. The summed E-state index contributed by atoms with van der Waals surface area (Å²) in [6, 6.07) is 6.57. The Morgan fingerprint density at radius 2 is 1.66 bits per heavy atom. The summed E-state index contributed by atoms with van der Waals surface area (Å²) in [7, 11) is 0. The van der Waals surface area contributed by atoms with Crippen molar-refractivity contribution in [3.63, 3.8) is 0 Å². The van der Waals surface area contributed by atoms with Crippen molar-refractivity contribution in [2.45, 2.75) is 127 Å². The molecule has 2 N–H and O–H groups in total. The fourth-order valence-corrected chi connectivity index (χ4v) is 7.52. The van der Waals surface area contributed by atoms with E-state index in [4.69, 9.17) is 12.3 Å².